The number of anilines is 1. The van der Waals surface area contributed by atoms with Crippen LogP contribution in [0.3, 0.4) is 0 Å². The zero-order chi connectivity index (χ0) is 38.3. The smallest absolute Gasteiger partial charge is 0.490 e. The Hall–Kier alpha value is -5.29. The van der Waals surface area contributed by atoms with Crippen LogP contribution in [0.2, 0.25) is 0 Å². The Morgan fingerprint density at radius 3 is 2.24 bits per heavy atom. The van der Waals surface area contributed by atoms with Crippen molar-refractivity contribution in [2.24, 2.45) is 5.84 Å². The predicted octanol–water partition coefficient (Wildman–Crippen LogP) is 5.65. The summed E-state index contributed by atoms with van der Waals surface area (Å²) in [5, 5.41) is 21.4. The number of hydrogen-bond donors (Lipinski definition) is 4. The molecule has 51 heavy (non-hydrogen) atoms. The topological polar surface area (TPSA) is 189 Å². The normalized spacial score (nSPS) is 12.7. The first-order valence-corrected chi connectivity index (χ1v) is 16.8. The van der Waals surface area contributed by atoms with Crippen LogP contribution in [0.5, 0.6) is 5.75 Å². The molecule has 0 radical (unpaired) electrons. The van der Waals surface area contributed by atoms with Crippen molar-refractivity contribution in [3.63, 3.8) is 0 Å². The zero-order valence-corrected chi connectivity index (χ0v) is 28.6. The van der Waals surface area contributed by atoms with Crippen molar-refractivity contribution >= 4 is 44.1 Å². The first kappa shape index (κ1) is 40.1. The van der Waals surface area contributed by atoms with E-state index in [0.717, 1.165) is 15.8 Å². The first-order valence-electron chi connectivity index (χ1n) is 15.2. The molecule has 1 heterocycles. The van der Waals surface area contributed by atoms with Crippen LogP contribution in [-0.4, -0.2) is 59.5 Å². The SMILES string of the molecule is CCOc1cc([C@H](C(=O)N[C@H](CC(=O)O)c2ccccc2S(=O)(=O)C(C)C)N(N)c2ccc3cnccc3c2)c(F)cc1C.O=C(O)C(F)(F)F. The molecule has 0 fully saturated rings. The maximum atomic E-state index is 15.7. The van der Waals surface area contributed by atoms with Gasteiger partial charge in [0.2, 0.25) is 5.91 Å². The fraction of sp³-hybridized carbons (Fsp3) is 0.294. The Morgan fingerprint density at radius 1 is 1.00 bits per heavy atom. The minimum atomic E-state index is -5.08. The summed E-state index contributed by atoms with van der Waals surface area (Å²) in [5.41, 5.74) is 0.841. The number of amides is 1. The lowest BCUT2D eigenvalue weighted by Gasteiger charge is -2.31. The Morgan fingerprint density at radius 2 is 1.65 bits per heavy atom. The number of sulfone groups is 1. The van der Waals surface area contributed by atoms with Crippen LogP contribution in [0.1, 0.15) is 56.0 Å². The van der Waals surface area contributed by atoms with E-state index in [0.29, 0.717) is 17.0 Å². The molecule has 0 aliphatic carbocycles. The molecule has 3 aromatic carbocycles. The van der Waals surface area contributed by atoms with Gasteiger partial charge >= 0.3 is 18.1 Å². The Labute approximate surface area is 290 Å². The summed E-state index contributed by atoms with van der Waals surface area (Å²) < 4.78 is 79.5. The van der Waals surface area contributed by atoms with Gasteiger partial charge in [0.15, 0.2) is 15.9 Å². The number of carboxylic acid groups (broad SMARTS) is 2. The number of carbonyl (C=O) groups is 3. The molecule has 1 aromatic heterocycles. The molecular weight excluding hydrogens is 700 g/mol. The van der Waals surface area contributed by atoms with Crippen LogP contribution in [0, 0.1) is 12.7 Å². The molecule has 17 heteroatoms. The van der Waals surface area contributed by atoms with Crippen molar-refractivity contribution in [3.8, 4) is 5.75 Å². The molecule has 274 valence electrons. The number of alkyl halides is 3. The lowest BCUT2D eigenvalue weighted by atomic mass is 9.99. The van der Waals surface area contributed by atoms with E-state index in [-0.39, 0.29) is 22.6 Å². The Balaban J connectivity index is 0.000000908. The van der Waals surface area contributed by atoms with E-state index in [9.17, 15) is 36.3 Å². The molecule has 4 rings (SSSR count). The average molecular weight is 737 g/mol. The number of carbonyl (C=O) groups excluding carboxylic acids is 1. The molecule has 0 aliphatic rings. The number of aliphatic carboxylic acids is 2. The lowest BCUT2D eigenvalue weighted by molar-refractivity contribution is -0.192. The van der Waals surface area contributed by atoms with Crippen LogP contribution in [0.15, 0.2) is 78.0 Å². The number of hydrazine groups is 1. The summed E-state index contributed by atoms with van der Waals surface area (Å²) in [6, 6.07) is 12.6. The summed E-state index contributed by atoms with van der Waals surface area (Å²) in [4.78, 5) is 39.1. The van der Waals surface area contributed by atoms with Gasteiger partial charge in [0, 0.05) is 23.3 Å². The molecule has 5 N–H and O–H groups in total. The molecule has 1 amide bonds. The number of halogens is 4. The van der Waals surface area contributed by atoms with Gasteiger partial charge in [-0.3, -0.25) is 19.6 Å². The van der Waals surface area contributed by atoms with E-state index < -0.39 is 63.4 Å². The number of carboxylic acids is 2. The Kier molecular flexibility index (Phi) is 13.1. The van der Waals surface area contributed by atoms with Gasteiger partial charge in [-0.15, -0.1) is 0 Å². The summed E-state index contributed by atoms with van der Waals surface area (Å²) in [7, 11) is -3.86. The third kappa shape index (κ3) is 9.91. The molecule has 0 saturated carbocycles. The van der Waals surface area contributed by atoms with E-state index in [2.05, 4.69) is 10.3 Å². The van der Waals surface area contributed by atoms with Gasteiger partial charge in [-0.1, -0.05) is 24.3 Å². The summed E-state index contributed by atoms with van der Waals surface area (Å²) in [5.74, 6) is 1.31. The van der Waals surface area contributed by atoms with Crippen LogP contribution in [-0.2, 0) is 24.2 Å². The maximum Gasteiger partial charge on any atom is 0.490 e. The van der Waals surface area contributed by atoms with Crippen LogP contribution in [0.4, 0.5) is 23.2 Å². The second kappa shape index (κ2) is 16.6. The minimum Gasteiger partial charge on any atom is -0.494 e. The zero-order valence-electron chi connectivity index (χ0n) is 27.8. The average Bonchev–Trinajstić information content (AvgIpc) is 3.05. The first-order chi connectivity index (χ1) is 23.8. The van der Waals surface area contributed by atoms with E-state index in [1.54, 1.807) is 56.6 Å². The highest BCUT2D eigenvalue weighted by molar-refractivity contribution is 7.92. The summed E-state index contributed by atoms with van der Waals surface area (Å²) >= 11 is 0. The molecule has 0 unspecified atom stereocenters. The number of nitrogens with two attached hydrogens (primary N) is 1. The standard InChI is InChI=1S/C32H35FN4O6S.C2HF3O2/c1-5-43-28-16-25(26(33)14-20(28)4)31(37(34)23-11-10-22-18-35-13-12-21(22)15-23)32(40)36-27(17-30(38)39)24-8-6-7-9-29(24)44(41,42)19(2)3;3-2(4,5)1(6)7/h6-16,18-19,27,31H,5,17,34H2,1-4H3,(H,36,40)(H,38,39);(H,6,7)/t27-,31-;/m1./s1. The van der Waals surface area contributed by atoms with Crippen molar-refractivity contribution in [3.05, 3.63) is 95.6 Å². The quantitative estimate of drug-likeness (QED) is 0.0799. The number of fused-ring (bicyclic) bond motifs is 1. The Bertz CT molecular complexity index is 2010. The highest BCUT2D eigenvalue weighted by Crippen LogP contribution is 2.34. The van der Waals surface area contributed by atoms with Gasteiger partial charge in [0.25, 0.3) is 0 Å². The number of nitrogens with zero attached hydrogens (tertiary/aromatic N) is 2. The van der Waals surface area contributed by atoms with Gasteiger partial charge in [-0.2, -0.15) is 13.2 Å². The van der Waals surface area contributed by atoms with Crippen molar-refractivity contribution in [1.82, 2.24) is 10.3 Å². The van der Waals surface area contributed by atoms with Crippen molar-refractivity contribution < 1.29 is 55.3 Å². The van der Waals surface area contributed by atoms with E-state index >= 15 is 4.39 Å². The van der Waals surface area contributed by atoms with Crippen LogP contribution < -0.4 is 20.9 Å². The molecular formula is C34H36F4N4O8S. The number of rotatable bonds is 12. The van der Waals surface area contributed by atoms with Gasteiger partial charge in [0.1, 0.15) is 11.6 Å². The lowest BCUT2D eigenvalue weighted by Crippen LogP contribution is -2.46. The largest absolute Gasteiger partial charge is 0.494 e. The number of hydrogen-bond acceptors (Lipinski definition) is 9. The van der Waals surface area contributed by atoms with Gasteiger partial charge in [-0.25, -0.2) is 23.4 Å². The second-order valence-electron chi connectivity index (χ2n) is 11.4. The fourth-order valence-corrected chi connectivity index (χ4v) is 6.25. The molecule has 0 saturated heterocycles. The number of benzene rings is 3. The van der Waals surface area contributed by atoms with E-state index in [1.165, 1.54) is 44.2 Å². The molecule has 2 atom stereocenters. The van der Waals surface area contributed by atoms with Crippen LogP contribution in [0.25, 0.3) is 10.8 Å². The highest BCUT2D eigenvalue weighted by Gasteiger charge is 2.38. The van der Waals surface area contributed by atoms with Gasteiger partial charge < -0.3 is 20.3 Å². The molecule has 12 nitrogen and oxygen atoms in total. The monoisotopic (exact) mass is 736 g/mol. The van der Waals surface area contributed by atoms with Crippen molar-refractivity contribution in [2.45, 2.75) is 62.5 Å². The molecule has 0 spiro atoms. The van der Waals surface area contributed by atoms with Crippen molar-refractivity contribution in [1.29, 1.82) is 0 Å². The number of nitrogens with one attached hydrogen (secondary N) is 1. The number of pyridine rings is 1. The number of aryl methyl sites for hydroxylation is 1. The highest BCUT2D eigenvalue weighted by atomic mass is 32.2. The van der Waals surface area contributed by atoms with Gasteiger partial charge in [0.05, 0.1) is 34.9 Å². The third-order valence-electron chi connectivity index (χ3n) is 7.50. The van der Waals surface area contributed by atoms with Crippen molar-refractivity contribution in [2.75, 3.05) is 11.6 Å². The number of ether oxygens (including phenoxy) is 1. The summed E-state index contributed by atoms with van der Waals surface area (Å²) in [6.45, 7) is 6.74. The number of aromatic nitrogens is 1. The summed E-state index contributed by atoms with van der Waals surface area (Å²) in [6.07, 6.45) is -2.46. The van der Waals surface area contributed by atoms with Crippen LogP contribution >= 0.6 is 0 Å². The molecule has 0 bridgehead atoms. The third-order valence-corrected chi connectivity index (χ3v) is 9.72. The fourth-order valence-electron chi connectivity index (χ4n) is 4.93. The molecule has 0 aliphatic heterocycles. The van der Waals surface area contributed by atoms with E-state index in [4.69, 9.17) is 20.5 Å². The predicted molar refractivity (Wildman–Crippen MR) is 179 cm³/mol. The minimum absolute atomic E-state index is 0.0943. The van der Waals surface area contributed by atoms with Gasteiger partial charge in [-0.05, 0) is 80.6 Å². The van der Waals surface area contributed by atoms with E-state index in [1.807, 2.05) is 0 Å². The molecule has 4 aromatic rings. The maximum absolute atomic E-state index is 15.7. The second-order valence-corrected chi connectivity index (χ2v) is 13.9.